The topological polar surface area (TPSA) is 75.6 Å². The summed E-state index contributed by atoms with van der Waals surface area (Å²) in [4.78, 5) is 21.1. The molecule has 0 fully saturated rings. The lowest BCUT2D eigenvalue weighted by Crippen LogP contribution is -2.21. The molecular formula is C9H8BrNO4. The fraction of sp³-hybridized carbons (Fsp3) is 0.111. The highest BCUT2D eigenvalue weighted by Gasteiger charge is 2.11. The summed E-state index contributed by atoms with van der Waals surface area (Å²) in [5, 5.41) is 10.6. The van der Waals surface area contributed by atoms with E-state index in [-0.39, 0.29) is 0 Å². The molecule has 15 heavy (non-hydrogen) atoms. The van der Waals surface area contributed by atoms with Gasteiger partial charge in [0, 0.05) is 5.69 Å². The van der Waals surface area contributed by atoms with Gasteiger partial charge in [0.15, 0.2) is 0 Å². The number of aliphatic carboxylic acids is 1. The van der Waals surface area contributed by atoms with E-state index < -0.39 is 11.9 Å². The summed E-state index contributed by atoms with van der Waals surface area (Å²) in [5.74, 6) is -2.00. The maximum atomic E-state index is 10.8. The molecule has 0 heterocycles. The van der Waals surface area contributed by atoms with Crippen LogP contribution in [0.3, 0.4) is 0 Å². The first-order valence-corrected chi connectivity index (χ1v) is 4.71. The van der Waals surface area contributed by atoms with Gasteiger partial charge in [-0.2, -0.15) is 0 Å². The number of carbonyl (C=O) groups is 2. The first-order chi connectivity index (χ1) is 7.04. The van der Waals surface area contributed by atoms with E-state index in [0.717, 1.165) is 0 Å². The summed E-state index contributed by atoms with van der Waals surface area (Å²) >= 11 is 3.21. The molecule has 1 aromatic rings. The maximum Gasteiger partial charge on any atom is 0.394 e. The molecule has 0 bridgehead atoms. The smallest absolute Gasteiger partial charge is 0.394 e. The fourth-order valence-corrected chi connectivity index (χ4v) is 1.47. The van der Waals surface area contributed by atoms with Gasteiger partial charge in [-0.3, -0.25) is 4.79 Å². The average molecular weight is 274 g/mol. The second kappa shape index (κ2) is 4.79. The zero-order valence-electron chi connectivity index (χ0n) is 7.78. The molecule has 0 aliphatic heterocycles. The lowest BCUT2D eigenvalue weighted by Gasteiger charge is -2.06. The molecule has 0 radical (unpaired) electrons. The van der Waals surface area contributed by atoms with Gasteiger partial charge in [-0.25, -0.2) is 4.79 Å². The molecule has 0 saturated carbocycles. The summed E-state index contributed by atoms with van der Waals surface area (Å²) in [6.45, 7) is 0. The Balaban J connectivity index is 2.84. The Morgan fingerprint density at radius 1 is 1.47 bits per heavy atom. The van der Waals surface area contributed by atoms with Crippen molar-refractivity contribution in [2.24, 2.45) is 0 Å². The van der Waals surface area contributed by atoms with Crippen molar-refractivity contribution in [3.63, 3.8) is 0 Å². The standard InChI is InChI=1S/C9H8BrNO4/c1-15-7-3-2-5(4-6(7)10)11-8(12)9(13)14/h2-4H,1H3,(H,11,12)(H,13,14). The first-order valence-electron chi connectivity index (χ1n) is 3.92. The molecule has 0 aromatic heterocycles. The Bertz CT molecular complexity index is 405. The van der Waals surface area contributed by atoms with Crippen LogP contribution in [0.2, 0.25) is 0 Å². The molecule has 80 valence electrons. The molecule has 1 rings (SSSR count). The number of halogens is 1. The van der Waals surface area contributed by atoms with E-state index in [9.17, 15) is 9.59 Å². The van der Waals surface area contributed by atoms with Crippen molar-refractivity contribution in [1.82, 2.24) is 0 Å². The van der Waals surface area contributed by atoms with E-state index in [4.69, 9.17) is 9.84 Å². The number of methoxy groups -OCH3 is 1. The summed E-state index contributed by atoms with van der Waals surface area (Å²) in [5.41, 5.74) is 0.384. The van der Waals surface area contributed by atoms with Crippen molar-refractivity contribution in [1.29, 1.82) is 0 Å². The van der Waals surface area contributed by atoms with Gasteiger partial charge in [0.05, 0.1) is 11.6 Å². The van der Waals surface area contributed by atoms with Crippen LogP contribution in [0.25, 0.3) is 0 Å². The molecule has 0 spiro atoms. The van der Waals surface area contributed by atoms with Crippen LogP contribution in [0.4, 0.5) is 5.69 Å². The molecule has 0 unspecified atom stereocenters. The number of nitrogens with one attached hydrogen (secondary N) is 1. The number of hydrogen-bond donors (Lipinski definition) is 2. The summed E-state index contributed by atoms with van der Waals surface area (Å²) < 4.78 is 5.61. The number of carboxylic acid groups (broad SMARTS) is 1. The summed E-state index contributed by atoms with van der Waals surface area (Å²) in [7, 11) is 1.51. The number of rotatable bonds is 2. The van der Waals surface area contributed by atoms with Crippen LogP contribution in [0.15, 0.2) is 22.7 Å². The lowest BCUT2D eigenvalue weighted by atomic mass is 10.3. The van der Waals surface area contributed by atoms with Crippen LogP contribution in [0, 0.1) is 0 Å². The summed E-state index contributed by atoms with van der Waals surface area (Å²) in [6, 6.07) is 4.71. The maximum absolute atomic E-state index is 10.8. The molecule has 1 amide bonds. The zero-order chi connectivity index (χ0) is 11.4. The van der Waals surface area contributed by atoms with Crippen LogP contribution in [0.5, 0.6) is 5.75 Å². The van der Waals surface area contributed by atoms with Gasteiger partial charge in [-0.15, -0.1) is 0 Å². The Kier molecular flexibility index (Phi) is 3.68. The highest BCUT2D eigenvalue weighted by atomic mass is 79.9. The van der Waals surface area contributed by atoms with Crippen LogP contribution in [0.1, 0.15) is 0 Å². The lowest BCUT2D eigenvalue weighted by molar-refractivity contribution is -0.147. The van der Waals surface area contributed by atoms with Gasteiger partial charge in [0.1, 0.15) is 5.75 Å². The number of anilines is 1. The fourth-order valence-electron chi connectivity index (χ4n) is 0.929. The SMILES string of the molecule is COc1ccc(NC(=O)C(=O)O)cc1Br. The number of carboxylic acids is 1. The molecular weight excluding hydrogens is 266 g/mol. The molecule has 6 heteroatoms. The number of carbonyl (C=O) groups excluding carboxylic acids is 1. The van der Waals surface area contributed by atoms with Gasteiger partial charge in [-0.05, 0) is 34.1 Å². The molecule has 1 aromatic carbocycles. The van der Waals surface area contributed by atoms with Crippen molar-refractivity contribution in [2.75, 3.05) is 12.4 Å². The number of amides is 1. The van der Waals surface area contributed by atoms with Crippen LogP contribution < -0.4 is 10.1 Å². The van der Waals surface area contributed by atoms with Crippen molar-refractivity contribution in [3.05, 3.63) is 22.7 Å². The third kappa shape index (κ3) is 2.95. The number of ether oxygens (including phenoxy) is 1. The van der Waals surface area contributed by atoms with Crippen LogP contribution >= 0.6 is 15.9 Å². The monoisotopic (exact) mass is 273 g/mol. The molecule has 0 atom stereocenters. The van der Waals surface area contributed by atoms with Gasteiger partial charge in [-0.1, -0.05) is 0 Å². The van der Waals surface area contributed by atoms with Gasteiger partial charge in [0.2, 0.25) is 0 Å². The van der Waals surface area contributed by atoms with Crippen molar-refractivity contribution >= 4 is 33.5 Å². The second-order valence-corrected chi connectivity index (χ2v) is 3.46. The minimum Gasteiger partial charge on any atom is -0.496 e. The predicted octanol–water partition coefficient (Wildman–Crippen LogP) is 1.48. The molecule has 2 N–H and O–H groups in total. The Morgan fingerprint density at radius 2 is 2.13 bits per heavy atom. The highest BCUT2D eigenvalue weighted by molar-refractivity contribution is 9.10. The van der Waals surface area contributed by atoms with Gasteiger partial charge >= 0.3 is 11.9 Å². The third-order valence-electron chi connectivity index (χ3n) is 1.60. The van der Waals surface area contributed by atoms with Crippen molar-refractivity contribution in [3.8, 4) is 5.75 Å². The molecule has 5 nitrogen and oxygen atoms in total. The first kappa shape index (κ1) is 11.5. The number of hydrogen-bond acceptors (Lipinski definition) is 3. The Labute approximate surface area is 94.2 Å². The normalized spacial score (nSPS) is 9.47. The predicted molar refractivity (Wildman–Crippen MR) is 57.0 cm³/mol. The van der Waals surface area contributed by atoms with E-state index in [1.54, 1.807) is 18.2 Å². The van der Waals surface area contributed by atoms with E-state index in [0.29, 0.717) is 15.9 Å². The molecule has 0 aliphatic rings. The van der Waals surface area contributed by atoms with Crippen LogP contribution in [-0.4, -0.2) is 24.1 Å². The summed E-state index contributed by atoms with van der Waals surface area (Å²) in [6.07, 6.45) is 0. The average Bonchev–Trinajstić information content (AvgIpc) is 2.18. The van der Waals surface area contributed by atoms with Crippen molar-refractivity contribution < 1.29 is 19.4 Å². The Morgan fingerprint density at radius 3 is 2.60 bits per heavy atom. The molecule has 0 aliphatic carbocycles. The Hall–Kier alpha value is -1.56. The van der Waals surface area contributed by atoms with E-state index in [1.165, 1.54) is 7.11 Å². The minimum atomic E-state index is -1.53. The quantitative estimate of drug-likeness (QED) is 0.801. The molecule has 0 saturated heterocycles. The number of benzene rings is 1. The van der Waals surface area contributed by atoms with Gasteiger partial charge in [0.25, 0.3) is 0 Å². The van der Waals surface area contributed by atoms with E-state index in [1.807, 2.05) is 0 Å². The van der Waals surface area contributed by atoms with E-state index >= 15 is 0 Å². The highest BCUT2D eigenvalue weighted by Crippen LogP contribution is 2.27. The second-order valence-electron chi connectivity index (χ2n) is 2.61. The zero-order valence-corrected chi connectivity index (χ0v) is 9.37. The van der Waals surface area contributed by atoms with E-state index in [2.05, 4.69) is 21.2 Å². The largest absolute Gasteiger partial charge is 0.496 e. The third-order valence-corrected chi connectivity index (χ3v) is 2.22. The van der Waals surface area contributed by atoms with Gasteiger partial charge < -0.3 is 15.2 Å². The van der Waals surface area contributed by atoms with Crippen molar-refractivity contribution in [2.45, 2.75) is 0 Å². The minimum absolute atomic E-state index is 0.384. The van der Waals surface area contributed by atoms with Crippen LogP contribution in [-0.2, 0) is 9.59 Å².